The van der Waals surface area contributed by atoms with E-state index < -0.39 is 10.0 Å². The Hall–Kier alpha value is -3.60. The normalized spacial score (nSPS) is 17.4. The van der Waals surface area contributed by atoms with E-state index in [0.29, 0.717) is 42.3 Å². The molecular formula is C28H29N5O4S. The van der Waals surface area contributed by atoms with Crippen LogP contribution in [0.2, 0.25) is 0 Å². The zero-order chi connectivity index (χ0) is 26.1. The number of rotatable bonds is 6. The number of nitrogens with zero attached hydrogens (tertiary/aromatic N) is 4. The average Bonchev–Trinajstić information content (AvgIpc) is 3.44. The van der Waals surface area contributed by atoms with Gasteiger partial charge >= 0.3 is 0 Å². The smallest absolute Gasteiger partial charge is 0.259 e. The van der Waals surface area contributed by atoms with Gasteiger partial charge in [-0.05, 0) is 42.2 Å². The van der Waals surface area contributed by atoms with Crippen LogP contribution >= 0.6 is 0 Å². The second-order valence-corrected chi connectivity index (χ2v) is 11.8. The summed E-state index contributed by atoms with van der Waals surface area (Å²) in [6.07, 6.45) is 1.92. The summed E-state index contributed by atoms with van der Waals surface area (Å²) in [6, 6.07) is 20.7. The Balaban J connectivity index is 1.15. The summed E-state index contributed by atoms with van der Waals surface area (Å²) in [6.45, 7) is 3.20. The van der Waals surface area contributed by atoms with Crippen molar-refractivity contribution in [2.24, 2.45) is 0 Å². The van der Waals surface area contributed by atoms with Crippen molar-refractivity contribution in [3.05, 3.63) is 99.8 Å². The number of H-pyrrole nitrogens is 1. The third kappa shape index (κ3) is 4.94. The lowest BCUT2D eigenvalue weighted by molar-refractivity contribution is 0.243. The predicted molar refractivity (Wildman–Crippen MR) is 142 cm³/mol. The molecule has 0 amide bonds. The van der Waals surface area contributed by atoms with E-state index in [1.807, 2.05) is 24.3 Å². The highest BCUT2D eigenvalue weighted by molar-refractivity contribution is 7.89. The quantitative estimate of drug-likeness (QED) is 0.405. The van der Waals surface area contributed by atoms with Gasteiger partial charge in [-0.2, -0.15) is 9.29 Å². The van der Waals surface area contributed by atoms with E-state index in [4.69, 9.17) is 4.52 Å². The second kappa shape index (κ2) is 10.3. The highest BCUT2D eigenvalue weighted by Crippen LogP contribution is 2.31. The minimum Gasteiger partial charge on any atom is -0.339 e. The number of hydrogen-bond donors (Lipinski definition) is 1. The summed E-state index contributed by atoms with van der Waals surface area (Å²) in [5, 5.41) is 4.12. The molecule has 0 atom stereocenters. The molecule has 4 aromatic rings. The Kier molecular flexibility index (Phi) is 6.69. The maximum Gasteiger partial charge on any atom is 0.259 e. The zero-order valence-corrected chi connectivity index (χ0v) is 21.7. The molecule has 0 spiro atoms. The molecule has 1 N–H and O–H groups in total. The number of nitrogens with one attached hydrogen (secondary N) is 1. The Morgan fingerprint density at radius 2 is 1.68 bits per heavy atom. The summed E-state index contributed by atoms with van der Waals surface area (Å²) < 4.78 is 32.9. The number of piperidine rings is 1. The van der Waals surface area contributed by atoms with E-state index in [2.05, 4.69) is 32.2 Å². The van der Waals surface area contributed by atoms with Crippen molar-refractivity contribution in [3.63, 3.8) is 0 Å². The first-order valence-corrected chi connectivity index (χ1v) is 14.3. The molecule has 9 nitrogen and oxygen atoms in total. The maximum atomic E-state index is 12.9. The molecule has 1 saturated heterocycles. The molecule has 2 aromatic heterocycles. The lowest BCUT2D eigenvalue weighted by Gasteiger charge is -2.29. The molecule has 38 heavy (non-hydrogen) atoms. The molecule has 10 heteroatoms. The molecule has 0 radical (unpaired) electrons. The van der Waals surface area contributed by atoms with Crippen LogP contribution in [0.25, 0.3) is 11.4 Å². The Morgan fingerprint density at radius 3 is 2.42 bits per heavy atom. The van der Waals surface area contributed by atoms with E-state index in [9.17, 15) is 13.2 Å². The molecule has 6 rings (SSSR count). The fourth-order valence-corrected chi connectivity index (χ4v) is 6.79. The summed E-state index contributed by atoms with van der Waals surface area (Å²) in [5.74, 6) is 0.652. The molecule has 0 aliphatic carbocycles. The molecule has 2 aliphatic heterocycles. The van der Waals surface area contributed by atoms with Crippen molar-refractivity contribution in [1.29, 1.82) is 0 Å². The van der Waals surface area contributed by atoms with E-state index in [1.54, 1.807) is 30.3 Å². The number of fused-ring (bicyclic) bond motifs is 1. The lowest BCUT2D eigenvalue weighted by Crippen LogP contribution is -2.37. The number of sulfonamides is 1. The van der Waals surface area contributed by atoms with Gasteiger partial charge in [0.15, 0.2) is 0 Å². The van der Waals surface area contributed by atoms with Gasteiger partial charge in [-0.25, -0.2) is 8.42 Å². The fourth-order valence-electron chi connectivity index (χ4n) is 5.30. The van der Waals surface area contributed by atoms with Crippen molar-refractivity contribution >= 4 is 10.0 Å². The number of benzene rings is 2. The molecule has 1 fully saturated rings. The third-order valence-electron chi connectivity index (χ3n) is 7.40. The molecule has 0 saturated carbocycles. The molecule has 0 bridgehead atoms. The van der Waals surface area contributed by atoms with E-state index in [1.165, 1.54) is 9.87 Å². The van der Waals surface area contributed by atoms with Crippen molar-refractivity contribution in [2.45, 2.75) is 43.2 Å². The first-order chi connectivity index (χ1) is 18.5. The minimum absolute atomic E-state index is 0.0588. The van der Waals surface area contributed by atoms with Crippen LogP contribution in [0, 0.1) is 0 Å². The van der Waals surface area contributed by atoms with Gasteiger partial charge in [-0.15, -0.1) is 0 Å². The van der Waals surface area contributed by atoms with Crippen LogP contribution in [0.3, 0.4) is 0 Å². The lowest BCUT2D eigenvalue weighted by atomic mass is 9.98. The van der Waals surface area contributed by atoms with E-state index in [0.717, 1.165) is 37.3 Å². The number of aromatic amines is 1. The molecule has 0 unspecified atom stereocenters. The summed E-state index contributed by atoms with van der Waals surface area (Å²) in [5.41, 5.74) is 3.44. The molecule has 2 aromatic carbocycles. The van der Waals surface area contributed by atoms with Gasteiger partial charge in [-0.3, -0.25) is 9.69 Å². The van der Waals surface area contributed by atoms with Gasteiger partial charge in [0.2, 0.25) is 21.7 Å². The maximum absolute atomic E-state index is 12.9. The van der Waals surface area contributed by atoms with Crippen LogP contribution in [0.1, 0.15) is 41.5 Å². The van der Waals surface area contributed by atoms with Crippen LogP contribution in [0.4, 0.5) is 0 Å². The molecule has 196 valence electrons. The van der Waals surface area contributed by atoms with Crippen LogP contribution in [0.15, 0.2) is 80.9 Å². The summed E-state index contributed by atoms with van der Waals surface area (Å²) in [4.78, 5) is 23.1. The minimum atomic E-state index is -3.53. The van der Waals surface area contributed by atoms with Gasteiger partial charge in [0.05, 0.1) is 10.5 Å². The largest absolute Gasteiger partial charge is 0.339 e. The second-order valence-electron chi connectivity index (χ2n) is 9.91. The van der Waals surface area contributed by atoms with Crippen molar-refractivity contribution in [1.82, 2.24) is 24.3 Å². The predicted octanol–water partition coefficient (Wildman–Crippen LogP) is 3.55. The fraction of sp³-hybridized carbons (Fsp3) is 0.321. The van der Waals surface area contributed by atoms with Gasteiger partial charge < -0.3 is 9.51 Å². The summed E-state index contributed by atoms with van der Waals surface area (Å²) in [7, 11) is -3.53. The molecule has 2 aliphatic rings. The van der Waals surface area contributed by atoms with Gasteiger partial charge in [0.1, 0.15) is 0 Å². The Morgan fingerprint density at radius 1 is 0.974 bits per heavy atom. The number of pyridine rings is 1. The zero-order valence-electron chi connectivity index (χ0n) is 20.9. The number of aromatic nitrogens is 3. The van der Waals surface area contributed by atoms with Crippen LogP contribution in [0.5, 0.6) is 0 Å². The average molecular weight is 532 g/mol. The Labute approximate surface area is 221 Å². The highest BCUT2D eigenvalue weighted by Gasteiger charge is 2.32. The van der Waals surface area contributed by atoms with Gasteiger partial charge in [-0.1, -0.05) is 53.7 Å². The first kappa shape index (κ1) is 24.7. The highest BCUT2D eigenvalue weighted by atomic mass is 32.2. The van der Waals surface area contributed by atoms with E-state index in [-0.39, 0.29) is 17.3 Å². The van der Waals surface area contributed by atoms with Crippen LogP contribution in [-0.4, -0.2) is 52.4 Å². The van der Waals surface area contributed by atoms with Gasteiger partial charge in [0, 0.05) is 50.8 Å². The standard InChI is InChI=1S/C28H29N5O4S/c34-27-24(17-22-19-32(14-13-25(22)29-27)18-20-7-3-1-4-8-20)26-30-28(37-31-26)21-11-15-33(16-12-21)38(35,36)23-9-5-2-6-10-23/h1-10,17,21H,11-16,18-19H2,(H,29,34). The van der Waals surface area contributed by atoms with Gasteiger partial charge in [0.25, 0.3) is 5.56 Å². The monoisotopic (exact) mass is 531 g/mol. The summed E-state index contributed by atoms with van der Waals surface area (Å²) >= 11 is 0. The molecule has 4 heterocycles. The Bertz CT molecular complexity index is 1580. The number of hydrogen-bond acceptors (Lipinski definition) is 7. The van der Waals surface area contributed by atoms with Crippen molar-refractivity contribution in [2.75, 3.05) is 19.6 Å². The van der Waals surface area contributed by atoms with E-state index >= 15 is 0 Å². The molecular weight excluding hydrogens is 502 g/mol. The van der Waals surface area contributed by atoms with Crippen LogP contribution in [-0.2, 0) is 29.5 Å². The first-order valence-electron chi connectivity index (χ1n) is 12.9. The van der Waals surface area contributed by atoms with Crippen molar-refractivity contribution in [3.8, 4) is 11.4 Å². The van der Waals surface area contributed by atoms with Crippen molar-refractivity contribution < 1.29 is 12.9 Å². The third-order valence-corrected chi connectivity index (χ3v) is 9.32. The SMILES string of the molecule is O=c1[nH]c2c(cc1-c1noc(C3CCN(S(=O)(=O)c4ccccc4)CC3)n1)CN(Cc1ccccc1)CC2. The topological polar surface area (TPSA) is 112 Å². The van der Waals surface area contributed by atoms with Crippen LogP contribution < -0.4 is 5.56 Å².